The van der Waals surface area contributed by atoms with Gasteiger partial charge in [0, 0.05) is 12.3 Å². The molecule has 3 heteroatoms. The number of nitrogens with one attached hydrogen (secondary N) is 1. The van der Waals surface area contributed by atoms with E-state index in [1.807, 2.05) is 11.8 Å². The van der Waals surface area contributed by atoms with Gasteiger partial charge in [0.05, 0.1) is 6.54 Å². The third kappa shape index (κ3) is 3.52. The minimum absolute atomic E-state index is 0.745. The summed E-state index contributed by atoms with van der Waals surface area (Å²) in [5, 5.41) is 4.61. The van der Waals surface area contributed by atoms with E-state index in [2.05, 4.69) is 38.0 Å². The first-order valence-electron chi connectivity index (χ1n) is 5.52. The molecule has 1 aliphatic heterocycles. The number of thioether (sulfide) groups is 1. The highest BCUT2D eigenvalue weighted by molar-refractivity contribution is 8.14. The highest BCUT2D eigenvalue weighted by Crippen LogP contribution is 2.20. The molecule has 0 aromatic heterocycles. The third-order valence-corrected chi connectivity index (χ3v) is 3.72. The molecule has 0 amide bonds. The number of amidine groups is 1. The Morgan fingerprint density at radius 3 is 2.36 bits per heavy atom. The van der Waals surface area contributed by atoms with Crippen molar-refractivity contribution in [3.63, 3.8) is 0 Å². The molecule has 0 spiro atoms. The lowest BCUT2D eigenvalue weighted by molar-refractivity contribution is 0.288. The lowest BCUT2D eigenvalue weighted by atomic mass is 9.86. The van der Waals surface area contributed by atoms with Gasteiger partial charge in [-0.3, -0.25) is 4.99 Å². The zero-order chi connectivity index (χ0) is 10.6. The summed E-state index contributed by atoms with van der Waals surface area (Å²) in [6.07, 6.45) is 0. The SMILES string of the molecule is CC(C)C(CNC1=NCCS1)C(C)C. The average molecular weight is 214 g/mol. The summed E-state index contributed by atoms with van der Waals surface area (Å²) >= 11 is 1.85. The molecule has 1 N–H and O–H groups in total. The van der Waals surface area contributed by atoms with Crippen molar-refractivity contribution in [1.82, 2.24) is 5.32 Å². The molecule has 0 radical (unpaired) electrons. The summed E-state index contributed by atoms with van der Waals surface area (Å²) in [6, 6.07) is 0. The molecule has 0 aromatic carbocycles. The standard InChI is InChI=1S/C11H22N2S/c1-8(2)10(9(3)4)7-13-11-12-5-6-14-11/h8-10H,5-7H2,1-4H3,(H,12,13). The van der Waals surface area contributed by atoms with Gasteiger partial charge in [0.25, 0.3) is 0 Å². The Bertz CT molecular complexity index is 191. The van der Waals surface area contributed by atoms with Crippen LogP contribution in [0.25, 0.3) is 0 Å². The number of hydrogen-bond acceptors (Lipinski definition) is 3. The lowest BCUT2D eigenvalue weighted by Gasteiger charge is -2.25. The maximum absolute atomic E-state index is 4.39. The topological polar surface area (TPSA) is 24.4 Å². The van der Waals surface area contributed by atoms with E-state index < -0.39 is 0 Å². The molecule has 2 nitrogen and oxygen atoms in total. The molecular formula is C11H22N2S. The maximum atomic E-state index is 4.39. The zero-order valence-electron chi connectivity index (χ0n) is 9.71. The summed E-state index contributed by atoms with van der Waals surface area (Å²) in [7, 11) is 0. The molecule has 82 valence electrons. The van der Waals surface area contributed by atoms with Crippen LogP contribution in [0.1, 0.15) is 27.7 Å². The van der Waals surface area contributed by atoms with Gasteiger partial charge in [0.2, 0.25) is 0 Å². The van der Waals surface area contributed by atoms with Gasteiger partial charge in [-0.05, 0) is 17.8 Å². The van der Waals surface area contributed by atoms with Gasteiger partial charge in [-0.25, -0.2) is 0 Å². The van der Waals surface area contributed by atoms with Crippen LogP contribution >= 0.6 is 11.8 Å². The second-order valence-electron chi connectivity index (χ2n) is 4.57. The van der Waals surface area contributed by atoms with Crippen LogP contribution in [0.15, 0.2) is 4.99 Å². The smallest absolute Gasteiger partial charge is 0.156 e. The van der Waals surface area contributed by atoms with E-state index in [1.165, 1.54) is 0 Å². The quantitative estimate of drug-likeness (QED) is 0.778. The normalized spacial score (nSPS) is 16.9. The van der Waals surface area contributed by atoms with Crippen LogP contribution in [0.2, 0.25) is 0 Å². The van der Waals surface area contributed by atoms with Gasteiger partial charge in [0.1, 0.15) is 0 Å². The van der Waals surface area contributed by atoms with Crippen molar-refractivity contribution in [3.05, 3.63) is 0 Å². The molecule has 0 aromatic rings. The highest BCUT2D eigenvalue weighted by atomic mass is 32.2. The average Bonchev–Trinajstić information content (AvgIpc) is 2.55. The molecule has 0 unspecified atom stereocenters. The fourth-order valence-electron chi connectivity index (χ4n) is 1.89. The second kappa shape index (κ2) is 5.64. The molecule has 1 aliphatic rings. The Kier molecular flexibility index (Phi) is 4.79. The van der Waals surface area contributed by atoms with Crippen molar-refractivity contribution in [2.24, 2.45) is 22.7 Å². The minimum Gasteiger partial charge on any atom is -0.365 e. The van der Waals surface area contributed by atoms with Gasteiger partial charge in [-0.2, -0.15) is 0 Å². The van der Waals surface area contributed by atoms with Crippen LogP contribution in [-0.4, -0.2) is 24.0 Å². The van der Waals surface area contributed by atoms with Gasteiger partial charge in [-0.1, -0.05) is 39.5 Å². The molecule has 1 heterocycles. The largest absolute Gasteiger partial charge is 0.365 e. The molecule has 0 saturated heterocycles. The molecule has 0 atom stereocenters. The van der Waals surface area contributed by atoms with Crippen molar-refractivity contribution in [3.8, 4) is 0 Å². The lowest BCUT2D eigenvalue weighted by Crippen LogP contribution is -2.32. The van der Waals surface area contributed by atoms with Crippen LogP contribution in [0.5, 0.6) is 0 Å². The summed E-state index contributed by atoms with van der Waals surface area (Å²) < 4.78 is 0. The monoisotopic (exact) mass is 214 g/mol. The van der Waals surface area contributed by atoms with Gasteiger partial charge < -0.3 is 5.32 Å². The van der Waals surface area contributed by atoms with E-state index in [-0.39, 0.29) is 0 Å². The maximum Gasteiger partial charge on any atom is 0.156 e. The number of nitrogens with zero attached hydrogens (tertiary/aromatic N) is 1. The molecule has 14 heavy (non-hydrogen) atoms. The molecule has 0 saturated carbocycles. The fraction of sp³-hybridized carbons (Fsp3) is 0.909. The van der Waals surface area contributed by atoms with E-state index in [9.17, 15) is 0 Å². The molecule has 0 bridgehead atoms. The molecule has 1 rings (SSSR count). The van der Waals surface area contributed by atoms with Gasteiger partial charge in [0.15, 0.2) is 5.17 Å². The van der Waals surface area contributed by atoms with E-state index in [1.54, 1.807) is 0 Å². The first kappa shape index (κ1) is 11.9. The Morgan fingerprint density at radius 2 is 1.93 bits per heavy atom. The number of hydrogen-bond donors (Lipinski definition) is 1. The predicted octanol–water partition coefficient (Wildman–Crippen LogP) is 2.61. The van der Waals surface area contributed by atoms with Crippen molar-refractivity contribution in [2.75, 3.05) is 18.8 Å². The first-order valence-corrected chi connectivity index (χ1v) is 6.51. The minimum atomic E-state index is 0.745. The van der Waals surface area contributed by atoms with Crippen LogP contribution in [0, 0.1) is 17.8 Å². The molecular weight excluding hydrogens is 192 g/mol. The van der Waals surface area contributed by atoms with Crippen LogP contribution in [0.3, 0.4) is 0 Å². The number of aliphatic imine (C=N–C) groups is 1. The van der Waals surface area contributed by atoms with Crippen LogP contribution in [-0.2, 0) is 0 Å². The van der Waals surface area contributed by atoms with Crippen molar-refractivity contribution in [1.29, 1.82) is 0 Å². The Hall–Kier alpha value is -0.180. The van der Waals surface area contributed by atoms with E-state index in [0.717, 1.165) is 41.8 Å². The first-order chi connectivity index (χ1) is 6.61. The van der Waals surface area contributed by atoms with Crippen molar-refractivity contribution >= 4 is 16.9 Å². The summed E-state index contributed by atoms with van der Waals surface area (Å²) in [6.45, 7) is 11.3. The fourth-order valence-corrected chi connectivity index (χ4v) is 2.63. The van der Waals surface area contributed by atoms with Crippen molar-refractivity contribution in [2.45, 2.75) is 27.7 Å². The Morgan fingerprint density at radius 1 is 1.29 bits per heavy atom. The van der Waals surface area contributed by atoms with Crippen LogP contribution < -0.4 is 5.32 Å². The molecule has 0 fully saturated rings. The predicted molar refractivity (Wildman–Crippen MR) is 65.9 cm³/mol. The van der Waals surface area contributed by atoms with E-state index >= 15 is 0 Å². The van der Waals surface area contributed by atoms with Crippen molar-refractivity contribution < 1.29 is 0 Å². The summed E-state index contributed by atoms with van der Waals surface area (Å²) in [5.41, 5.74) is 0. The Balaban J connectivity index is 2.32. The summed E-state index contributed by atoms with van der Waals surface area (Å²) in [4.78, 5) is 4.39. The van der Waals surface area contributed by atoms with Crippen LogP contribution in [0.4, 0.5) is 0 Å². The zero-order valence-corrected chi connectivity index (χ0v) is 10.5. The van der Waals surface area contributed by atoms with Gasteiger partial charge in [-0.15, -0.1) is 0 Å². The van der Waals surface area contributed by atoms with E-state index in [4.69, 9.17) is 0 Å². The van der Waals surface area contributed by atoms with E-state index in [0.29, 0.717) is 0 Å². The van der Waals surface area contributed by atoms with Gasteiger partial charge >= 0.3 is 0 Å². The Labute approximate surface area is 92.0 Å². The third-order valence-electron chi connectivity index (χ3n) is 2.79. The summed E-state index contributed by atoms with van der Waals surface area (Å²) in [5.74, 6) is 3.39. The molecule has 0 aliphatic carbocycles. The highest BCUT2D eigenvalue weighted by Gasteiger charge is 2.18. The number of rotatable bonds is 4. The second-order valence-corrected chi connectivity index (χ2v) is 5.65.